The fourth-order valence-electron chi connectivity index (χ4n) is 3.29. The minimum atomic E-state index is -0.952. The molecule has 0 spiro atoms. The van der Waals surface area contributed by atoms with Crippen LogP contribution in [0.4, 0.5) is 0 Å². The van der Waals surface area contributed by atoms with E-state index in [0.717, 1.165) is 36.3 Å². The van der Waals surface area contributed by atoms with Crippen molar-refractivity contribution in [3.63, 3.8) is 0 Å². The number of carboxylic acids is 1. The van der Waals surface area contributed by atoms with E-state index in [9.17, 15) is 14.7 Å². The van der Waals surface area contributed by atoms with E-state index in [2.05, 4.69) is 0 Å². The SMILES string of the molecule is COc1ccc(OC)c(C2CC2C(=O)N(C2CC2)C(C)C(=O)O)c1. The number of hydrogen-bond acceptors (Lipinski definition) is 4. The van der Waals surface area contributed by atoms with Crippen LogP contribution in [0.5, 0.6) is 11.5 Å². The molecule has 0 aromatic heterocycles. The lowest BCUT2D eigenvalue weighted by Gasteiger charge is -2.26. The Hall–Kier alpha value is -2.24. The van der Waals surface area contributed by atoms with Crippen molar-refractivity contribution in [3.05, 3.63) is 23.8 Å². The normalized spacial score (nSPS) is 23.3. The van der Waals surface area contributed by atoms with Crippen molar-refractivity contribution in [2.24, 2.45) is 5.92 Å². The number of rotatable bonds is 7. The van der Waals surface area contributed by atoms with Gasteiger partial charge in [0.2, 0.25) is 5.91 Å². The van der Waals surface area contributed by atoms with Crippen LogP contribution in [-0.2, 0) is 9.59 Å². The van der Waals surface area contributed by atoms with Crippen LogP contribution < -0.4 is 9.47 Å². The molecular weight excluding hydrogens is 310 g/mol. The number of carboxylic acid groups (broad SMARTS) is 1. The van der Waals surface area contributed by atoms with Gasteiger partial charge in [-0.3, -0.25) is 4.79 Å². The van der Waals surface area contributed by atoms with Gasteiger partial charge in [-0.2, -0.15) is 0 Å². The molecule has 2 aliphatic carbocycles. The third-order valence-corrected chi connectivity index (χ3v) is 4.91. The van der Waals surface area contributed by atoms with E-state index in [1.807, 2.05) is 18.2 Å². The Bertz CT molecular complexity index is 655. The molecule has 1 amide bonds. The first-order valence-electron chi connectivity index (χ1n) is 8.24. The van der Waals surface area contributed by atoms with Gasteiger partial charge < -0.3 is 19.5 Å². The van der Waals surface area contributed by atoms with E-state index >= 15 is 0 Å². The maximum Gasteiger partial charge on any atom is 0.326 e. The zero-order valence-electron chi connectivity index (χ0n) is 14.2. The molecule has 1 aromatic carbocycles. The second-order valence-electron chi connectivity index (χ2n) is 6.55. The average molecular weight is 333 g/mol. The molecule has 2 aliphatic rings. The lowest BCUT2D eigenvalue weighted by molar-refractivity contribution is -0.150. The quantitative estimate of drug-likeness (QED) is 0.828. The third-order valence-electron chi connectivity index (χ3n) is 4.91. The van der Waals surface area contributed by atoms with Gasteiger partial charge in [0.15, 0.2) is 0 Å². The van der Waals surface area contributed by atoms with Crippen LogP contribution in [0.25, 0.3) is 0 Å². The Morgan fingerprint density at radius 2 is 1.96 bits per heavy atom. The molecule has 0 bridgehead atoms. The highest BCUT2D eigenvalue weighted by Crippen LogP contribution is 2.53. The summed E-state index contributed by atoms with van der Waals surface area (Å²) in [5, 5.41) is 9.28. The van der Waals surface area contributed by atoms with Crippen LogP contribution in [0, 0.1) is 5.92 Å². The van der Waals surface area contributed by atoms with Crippen molar-refractivity contribution in [1.29, 1.82) is 0 Å². The summed E-state index contributed by atoms with van der Waals surface area (Å²) in [5.41, 5.74) is 0.953. The first-order chi connectivity index (χ1) is 11.5. The monoisotopic (exact) mass is 333 g/mol. The maximum atomic E-state index is 12.9. The van der Waals surface area contributed by atoms with Gasteiger partial charge >= 0.3 is 5.97 Å². The van der Waals surface area contributed by atoms with E-state index in [1.54, 1.807) is 26.0 Å². The van der Waals surface area contributed by atoms with Crippen LogP contribution in [-0.4, -0.2) is 48.2 Å². The molecule has 0 aliphatic heterocycles. The molecule has 3 rings (SSSR count). The van der Waals surface area contributed by atoms with Gasteiger partial charge in [-0.15, -0.1) is 0 Å². The average Bonchev–Trinajstić information content (AvgIpc) is 3.47. The molecule has 1 aromatic rings. The Morgan fingerprint density at radius 1 is 1.25 bits per heavy atom. The van der Waals surface area contributed by atoms with Crippen molar-refractivity contribution < 1.29 is 24.2 Å². The fourth-order valence-corrected chi connectivity index (χ4v) is 3.29. The molecule has 0 saturated heterocycles. The Kier molecular flexibility index (Phi) is 4.39. The van der Waals surface area contributed by atoms with Crippen LogP contribution >= 0.6 is 0 Å². The smallest absolute Gasteiger partial charge is 0.326 e. The summed E-state index contributed by atoms with van der Waals surface area (Å²) in [5.74, 6) is 0.342. The van der Waals surface area contributed by atoms with Gasteiger partial charge in [0.05, 0.1) is 14.2 Å². The highest BCUT2D eigenvalue weighted by Gasteiger charge is 2.51. The Morgan fingerprint density at radius 3 is 2.50 bits per heavy atom. The number of aliphatic carboxylic acids is 1. The minimum absolute atomic E-state index is 0.0535. The van der Waals surface area contributed by atoms with Crippen molar-refractivity contribution in [2.45, 2.75) is 44.2 Å². The Labute approximate surface area is 141 Å². The molecule has 0 heterocycles. The third kappa shape index (κ3) is 3.05. The standard InChI is InChI=1S/C18H23NO5/c1-10(18(21)22)19(11-4-5-11)17(20)15-9-13(15)14-8-12(23-2)6-7-16(14)24-3/h6-8,10-11,13,15H,4-5,9H2,1-3H3,(H,21,22). The molecule has 2 saturated carbocycles. The number of nitrogens with zero attached hydrogens (tertiary/aromatic N) is 1. The van der Waals surface area contributed by atoms with Crippen LogP contribution in [0.1, 0.15) is 37.7 Å². The first-order valence-corrected chi connectivity index (χ1v) is 8.24. The predicted molar refractivity (Wildman–Crippen MR) is 87.4 cm³/mol. The molecule has 3 unspecified atom stereocenters. The summed E-state index contributed by atoms with van der Waals surface area (Å²) in [6, 6.07) is 4.87. The lowest BCUT2D eigenvalue weighted by atomic mass is 10.1. The van der Waals surface area contributed by atoms with Crippen LogP contribution in [0.15, 0.2) is 18.2 Å². The molecule has 2 fully saturated rings. The molecule has 130 valence electrons. The van der Waals surface area contributed by atoms with Crippen molar-refractivity contribution in [3.8, 4) is 11.5 Å². The number of benzene rings is 1. The summed E-state index contributed by atoms with van der Waals surface area (Å²) < 4.78 is 10.7. The summed E-state index contributed by atoms with van der Waals surface area (Å²) in [4.78, 5) is 25.8. The molecule has 6 heteroatoms. The molecule has 1 N–H and O–H groups in total. The molecule has 0 radical (unpaired) electrons. The maximum absolute atomic E-state index is 12.9. The van der Waals surface area contributed by atoms with Gasteiger partial charge in [0, 0.05) is 23.4 Å². The zero-order chi connectivity index (χ0) is 17.4. The van der Waals surface area contributed by atoms with E-state index < -0.39 is 12.0 Å². The number of hydrogen-bond donors (Lipinski definition) is 1. The second-order valence-corrected chi connectivity index (χ2v) is 6.55. The minimum Gasteiger partial charge on any atom is -0.497 e. The summed E-state index contributed by atoms with van der Waals surface area (Å²) in [7, 11) is 3.21. The number of carbonyl (C=O) groups excluding carboxylic acids is 1. The van der Waals surface area contributed by atoms with Gasteiger partial charge in [0.1, 0.15) is 17.5 Å². The molecule has 24 heavy (non-hydrogen) atoms. The second kappa shape index (κ2) is 6.34. The van der Waals surface area contributed by atoms with Gasteiger partial charge in [-0.1, -0.05) is 0 Å². The largest absolute Gasteiger partial charge is 0.497 e. The van der Waals surface area contributed by atoms with Crippen molar-refractivity contribution >= 4 is 11.9 Å². The zero-order valence-corrected chi connectivity index (χ0v) is 14.2. The van der Waals surface area contributed by atoms with E-state index in [4.69, 9.17) is 9.47 Å². The van der Waals surface area contributed by atoms with Crippen LogP contribution in [0.3, 0.4) is 0 Å². The van der Waals surface area contributed by atoms with Crippen molar-refractivity contribution in [2.75, 3.05) is 14.2 Å². The molecule has 3 atom stereocenters. The number of ether oxygens (including phenoxy) is 2. The number of carbonyl (C=O) groups is 2. The van der Waals surface area contributed by atoms with Crippen LogP contribution in [0.2, 0.25) is 0 Å². The number of methoxy groups -OCH3 is 2. The predicted octanol–water partition coefficient (Wildman–Crippen LogP) is 2.27. The highest BCUT2D eigenvalue weighted by molar-refractivity contribution is 5.88. The van der Waals surface area contributed by atoms with Crippen molar-refractivity contribution in [1.82, 2.24) is 4.90 Å². The first kappa shape index (κ1) is 16.6. The van der Waals surface area contributed by atoms with E-state index in [0.29, 0.717) is 0 Å². The van der Waals surface area contributed by atoms with E-state index in [-0.39, 0.29) is 23.8 Å². The lowest BCUT2D eigenvalue weighted by Crippen LogP contribution is -2.45. The summed E-state index contributed by atoms with van der Waals surface area (Å²) in [6.45, 7) is 1.59. The van der Waals surface area contributed by atoms with Gasteiger partial charge in [-0.25, -0.2) is 4.79 Å². The fraction of sp³-hybridized carbons (Fsp3) is 0.556. The van der Waals surface area contributed by atoms with Gasteiger partial charge in [0.25, 0.3) is 0 Å². The summed E-state index contributed by atoms with van der Waals surface area (Å²) in [6.07, 6.45) is 2.50. The summed E-state index contributed by atoms with van der Waals surface area (Å²) >= 11 is 0. The van der Waals surface area contributed by atoms with Gasteiger partial charge in [-0.05, 0) is 44.4 Å². The molecular formula is C18H23NO5. The molecule has 6 nitrogen and oxygen atoms in total. The van der Waals surface area contributed by atoms with E-state index in [1.165, 1.54) is 0 Å². The highest BCUT2D eigenvalue weighted by atomic mass is 16.5. The Balaban J connectivity index is 1.79. The topological polar surface area (TPSA) is 76.1 Å². The number of amides is 1.